The number of carbonyl (C=O) groups is 2. The van der Waals surface area contributed by atoms with E-state index in [0.29, 0.717) is 42.9 Å². The van der Waals surface area contributed by atoms with Crippen molar-refractivity contribution in [2.24, 2.45) is 0 Å². The van der Waals surface area contributed by atoms with Crippen LogP contribution in [0.3, 0.4) is 0 Å². The van der Waals surface area contributed by atoms with E-state index in [1.54, 1.807) is 32.4 Å². The Morgan fingerprint density at radius 2 is 1.73 bits per heavy atom. The standard InChI is InChI=1S/C31H51N3O6/c1-22(2)34(29(35)23-10-15-27(38-8)28(20-23)39-19-9-18-37-7)26-14-13-25(16-17-32(6)24-11-12-24)33(21-26)30(36)40-31(3,4)5/h10,15,20,22,24-26H,9,11-14,16-19,21H2,1-8H3/t25-,26-/m1/s1. The zero-order chi connectivity index (χ0) is 29.4. The quantitative estimate of drug-likeness (QED) is 0.306. The van der Waals surface area contributed by atoms with Gasteiger partial charge in [0.05, 0.1) is 19.8 Å². The predicted octanol–water partition coefficient (Wildman–Crippen LogP) is 5.21. The lowest BCUT2D eigenvalue weighted by molar-refractivity contribution is -0.00897. The van der Waals surface area contributed by atoms with E-state index in [2.05, 4.69) is 11.9 Å². The third-order valence-corrected chi connectivity index (χ3v) is 7.64. The molecule has 40 heavy (non-hydrogen) atoms. The number of amides is 2. The van der Waals surface area contributed by atoms with E-state index >= 15 is 0 Å². The van der Waals surface area contributed by atoms with Crippen molar-refractivity contribution in [1.82, 2.24) is 14.7 Å². The Kier molecular flexibility index (Phi) is 11.5. The van der Waals surface area contributed by atoms with Gasteiger partial charge < -0.3 is 33.6 Å². The fraction of sp³-hybridized carbons (Fsp3) is 0.742. The Morgan fingerprint density at radius 1 is 1.02 bits per heavy atom. The molecule has 2 aliphatic rings. The van der Waals surface area contributed by atoms with Gasteiger partial charge in [0, 0.05) is 56.9 Å². The number of carbonyl (C=O) groups excluding carboxylic acids is 2. The molecule has 2 atom stereocenters. The largest absolute Gasteiger partial charge is 0.493 e. The van der Waals surface area contributed by atoms with Gasteiger partial charge in [0.1, 0.15) is 5.60 Å². The first kappa shape index (κ1) is 32.0. The molecule has 2 fully saturated rings. The molecular weight excluding hydrogens is 510 g/mol. The van der Waals surface area contributed by atoms with E-state index in [1.807, 2.05) is 44.4 Å². The Morgan fingerprint density at radius 3 is 2.33 bits per heavy atom. The van der Waals surface area contributed by atoms with Crippen LogP contribution in [0, 0.1) is 0 Å². The van der Waals surface area contributed by atoms with Crippen molar-refractivity contribution >= 4 is 12.0 Å². The lowest BCUT2D eigenvalue weighted by Gasteiger charge is -2.45. The van der Waals surface area contributed by atoms with Crippen LogP contribution < -0.4 is 9.47 Å². The molecule has 1 saturated heterocycles. The van der Waals surface area contributed by atoms with Crippen LogP contribution in [0.25, 0.3) is 0 Å². The van der Waals surface area contributed by atoms with Gasteiger partial charge in [0.2, 0.25) is 0 Å². The third kappa shape index (κ3) is 8.99. The van der Waals surface area contributed by atoms with Crippen LogP contribution in [0.1, 0.15) is 83.5 Å². The van der Waals surface area contributed by atoms with Gasteiger partial charge in [-0.25, -0.2) is 4.79 Å². The Hall–Kier alpha value is -2.52. The van der Waals surface area contributed by atoms with E-state index < -0.39 is 5.60 Å². The highest BCUT2D eigenvalue weighted by Gasteiger charge is 2.39. The number of ether oxygens (including phenoxy) is 4. The van der Waals surface area contributed by atoms with E-state index in [9.17, 15) is 9.59 Å². The average molecular weight is 562 g/mol. The topological polar surface area (TPSA) is 80.8 Å². The first-order valence-electron chi connectivity index (χ1n) is 14.8. The minimum atomic E-state index is -0.588. The lowest BCUT2D eigenvalue weighted by Crippen LogP contribution is -2.57. The molecule has 0 spiro atoms. The molecule has 1 aromatic rings. The van der Waals surface area contributed by atoms with E-state index in [4.69, 9.17) is 18.9 Å². The predicted molar refractivity (Wildman–Crippen MR) is 156 cm³/mol. The van der Waals surface area contributed by atoms with Crippen molar-refractivity contribution in [3.05, 3.63) is 23.8 Å². The minimum absolute atomic E-state index is 0.0521. The molecular formula is C31H51N3O6. The number of methoxy groups -OCH3 is 2. The fourth-order valence-electron chi connectivity index (χ4n) is 5.41. The van der Waals surface area contributed by atoms with Crippen LogP contribution in [-0.4, -0.2) is 104 Å². The minimum Gasteiger partial charge on any atom is -0.493 e. The van der Waals surface area contributed by atoms with Gasteiger partial charge in [-0.15, -0.1) is 0 Å². The number of hydrogen-bond acceptors (Lipinski definition) is 7. The van der Waals surface area contributed by atoms with E-state index in [-0.39, 0.29) is 30.1 Å². The van der Waals surface area contributed by atoms with Crippen LogP contribution in [0.5, 0.6) is 11.5 Å². The molecule has 1 aliphatic carbocycles. The molecule has 0 aromatic heterocycles. The summed E-state index contributed by atoms with van der Waals surface area (Å²) in [7, 11) is 5.42. The number of likely N-dealkylation sites (tertiary alicyclic amines) is 1. The first-order valence-corrected chi connectivity index (χ1v) is 14.8. The molecule has 226 valence electrons. The molecule has 9 nitrogen and oxygen atoms in total. The van der Waals surface area contributed by atoms with Crippen molar-refractivity contribution in [2.75, 3.05) is 47.6 Å². The van der Waals surface area contributed by atoms with Crippen molar-refractivity contribution in [1.29, 1.82) is 0 Å². The van der Waals surface area contributed by atoms with Crippen molar-refractivity contribution in [3.8, 4) is 11.5 Å². The Labute approximate surface area is 241 Å². The molecule has 0 bridgehead atoms. The van der Waals surface area contributed by atoms with Crippen LogP contribution in [0.4, 0.5) is 4.79 Å². The van der Waals surface area contributed by atoms with Crippen molar-refractivity contribution < 1.29 is 28.5 Å². The number of piperidine rings is 1. The molecule has 1 aromatic carbocycles. The highest BCUT2D eigenvalue weighted by molar-refractivity contribution is 5.95. The molecule has 3 rings (SSSR count). The molecule has 1 saturated carbocycles. The van der Waals surface area contributed by atoms with E-state index in [1.165, 1.54) is 12.8 Å². The summed E-state index contributed by atoms with van der Waals surface area (Å²) < 4.78 is 22.3. The molecule has 9 heteroatoms. The molecule has 1 aliphatic heterocycles. The summed E-state index contributed by atoms with van der Waals surface area (Å²) in [4.78, 5) is 33.6. The summed E-state index contributed by atoms with van der Waals surface area (Å²) in [6.45, 7) is 12.2. The van der Waals surface area contributed by atoms with Crippen molar-refractivity contribution in [3.63, 3.8) is 0 Å². The second-order valence-corrected chi connectivity index (χ2v) is 12.4. The van der Waals surface area contributed by atoms with Gasteiger partial charge in [-0.3, -0.25) is 4.79 Å². The monoisotopic (exact) mass is 561 g/mol. The third-order valence-electron chi connectivity index (χ3n) is 7.64. The van der Waals surface area contributed by atoms with Gasteiger partial charge in [-0.05, 0) is 92.0 Å². The lowest BCUT2D eigenvalue weighted by atomic mass is 9.93. The van der Waals surface area contributed by atoms with Gasteiger partial charge in [0.25, 0.3) is 5.91 Å². The highest BCUT2D eigenvalue weighted by atomic mass is 16.6. The number of hydrogen-bond donors (Lipinski definition) is 0. The fourth-order valence-corrected chi connectivity index (χ4v) is 5.41. The molecule has 1 heterocycles. The summed E-state index contributed by atoms with van der Waals surface area (Å²) in [5.41, 5.74) is -0.0522. The van der Waals surface area contributed by atoms with Gasteiger partial charge in [-0.2, -0.15) is 0 Å². The van der Waals surface area contributed by atoms with Gasteiger partial charge >= 0.3 is 6.09 Å². The molecule has 0 unspecified atom stereocenters. The van der Waals surface area contributed by atoms with Gasteiger partial charge in [-0.1, -0.05) is 0 Å². The number of benzene rings is 1. The smallest absolute Gasteiger partial charge is 0.410 e. The van der Waals surface area contributed by atoms with Crippen LogP contribution in [-0.2, 0) is 9.47 Å². The normalized spacial score (nSPS) is 19.6. The summed E-state index contributed by atoms with van der Waals surface area (Å²) in [6, 6.07) is 5.91. The molecule has 2 amide bonds. The highest BCUT2D eigenvalue weighted by Crippen LogP contribution is 2.32. The van der Waals surface area contributed by atoms with E-state index in [0.717, 1.165) is 32.2 Å². The maximum Gasteiger partial charge on any atom is 0.410 e. The number of nitrogens with zero attached hydrogens (tertiary/aromatic N) is 3. The summed E-state index contributed by atoms with van der Waals surface area (Å²) in [5, 5.41) is 0. The zero-order valence-electron chi connectivity index (χ0n) is 25.9. The van der Waals surface area contributed by atoms with Gasteiger partial charge in [0.15, 0.2) is 11.5 Å². The number of rotatable bonds is 13. The first-order chi connectivity index (χ1) is 18.9. The summed E-state index contributed by atoms with van der Waals surface area (Å²) in [5.74, 6) is 1.03. The Balaban J connectivity index is 1.79. The summed E-state index contributed by atoms with van der Waals surface area (Å²) in [6.07, 6.45) is 5.51. The maximum absolute atomic E-state index is 14.0. The Bertz CT molecular complexity index is 974. The molecule has 0 radical (unpaired) electrons. The maximum atomic E-state index is 14.0. The van der Waals surface area contributed by atoms with Crippen LogP contribution >= 0.6 is 0 Å². The van der Waals surface area contributed by atoms with Crippen LogP contribution in [0.15, 0.2) is 18.2 Å². The second-order valence-electron chi connectivity index (χ2n) is 12.4. The zero-order valence-corrected chi connectivity index (χ0v) is 25.9. The summed E-state index contributed by atoms with van der Waals surface area (Å²) >= 11 is 0. The molecule has 0 N–H and O–H groups in total. The van der Waals surface area contributed by atoms with Crippen LogP contribution in [0.2, 0.25) is 0 Å². The van der Waals surface area contributed by atoms with Crippen molar-refractivity contribution in [2.45, 2.75) is 103 Å². The second kappa shape index (κ2) is 14.4. The average Bonchev–Trinajstić information content (AvgIpc) is 3.74. The SMILES string of the molecule is COCCCOc1cc(C(=O)N(C(C)C)[C@@H]2CC[C@H](CCN(C)C3CC3)N(C(=O)OC(C)(C)C)C2)ccc1OC.